The molecule has 31 heavy (non-hydrogen) atoms. The van der Waals surface area contributed by atoms with Gasteiger partial charge in [-0.25, -0.2) is 4.79 Å². The molecule has 1 aliphatic heterocycles. The van der Waals surface area contributed by atoms with Gasteiger partial charge in [0.05, 0.1) is 11.1 Å². The molecule has 1 aromatic heterocycles. The van der Waals surface area contributed by atoms with Gasteiger partial charge in [0.25, 0.3) is 5.91 Å². The second-order valence-electron chi connectivity index (χ2n) is 8.83. The summed E-state index contributed by atoms with van der Waals surface area (Å²) in [6, 6.07) is 7.98. The standard InChI is InChI=1S/C25H33N3O3/c1-3-14-28-15-13-22-20(16-28)24(19-11-7-8-12-21(19)26-22)25(30)31-17-23(29)27(2)18-9-5-4-6-10-18/h7-8,11-12,18H,3-6,9-10,13-17H2,1-2H3. The number of hydrogen-bond acceptors (Lipinski definition) is 5. The van der Waals surface area contributed by atoms with Crippen molar-refractivity contribution in [3.05, 3.63) is 41.1 Å². The zero-order valence-corrected chi connectivity index (χ0v) is 18.7. The van der Waals surface area contributed by atoms with E-state index in [0.29, 0.717) is 12.1 Å². The molecule has 2 aromatic rings. The van der Waals surface area contributed by atoms with Crippen molar-refractivity contribution in [2.24, 2.45) is 0 Å². The van der Waals surface area contributed by atoms with Crippen molar-refractivity contribution in [1.29, 1.82) is 0 Å². The molecule has 0 spiro atoms. The lowest BCUT2D eigenvalue weighted by Crippen LogP contribution is -2.40. The number of fused-ring (bicyclic) bond motifs is 2. The summed E-state index contributed by atoms with van der Waals surface area (Å²) in [7, 11) is 1.83. The monoisotopic (exact) mass is 423 g/mol. The van der Waals surface area contributed by atoms with Crippen molar-refractivity contribution in [3.63, 3.8) is 0 Å². The van der Waals surface area contributed by atoms with Crippen molar-refractivity contribution in [2.75, 3.05) is 26.7 Å². The van der Waals surface area contributed by atoms with Crippen LogP contribution in [-0.4, -0.2) is 59.4 Å². The summed E-state index contributed by atoms with van der Waals surface area (Å²) < 4.78 is 5.59. The minimum Gasteiger partial charge on any atom is -0.452 e. The number of nitrogens with zero attached hydrogens (tertiary/aromatic N) is 3. The van der Waals surface area contributed by atoms with Crippen LogP contribution in [0, 0.1) is 0 Å². The summed E-state index contributed by atoms with van der Waals surface area (Å²) in [5.41, 5.74) is 3.32. The van der Waals surface area contributed by atoms with E-state index in [1.165, 1.54) is 6.42 Å². The minimum atomic E-state index is -0.418. The van der Waals surface area contributed by atoms with E-state index < -0.39 is 5.97 Å². The van der Waals surface area contributed by atoms with E-state index in [9.17, 15) is 9.59 Å². The highest BCUT2D eigenvalue weighted by molar-refractivity contribution is 6.05. The molecule has 1 amide bonds. The molecule has 2 heterocycles. The third kappa shape index (κ3) is 4.74. The van der Waals surface area contributed by atoms with Crippen molar-refractivity contribution in [2.45, 2.75) is 64.5 Å². The van der Waals surface area contributed by atoms with E-state index in [4.69, 9.17) is 9.72 Å². The quantitative estimate of drug-likeness (QED) is 0.659. The lowest BCUT2D eigenvalue weighted by molar-refractivity contribution is -0.135. The van der Waals surface area contributed by atoms with Gasteiger partial charge in [0, 0.05) is 49.2 Å². The van der Waals surface area contributed by atoms with Crippen LogP contribution in [0.15, 0.2) is 24.3 Å². The number of aromatic nitrogens is 1. The molecule has 1 aliphatic carbocycles. The highest BCUT2D eigenvalue weighted by Gasteiger charge is 2.28. The van der Waals surface area contributed by atoms with Crippen LogP contribution in [0.2, 0.25) is 0 Å². The summed E-state index contributed by atoms with van der Waals surface area (Å²) >= 11 is 0. The highest BCUT2D eigenvalue weighted by Crippen LogP contribution is 2.29. The van der Waals surface area contributed by atoms with E-state index in [0.717, 1.165) is 73.8 Å². The molecule has 0 radical (unpaired) electrons. The Labute approximate surface area is 184 Å². The van der Waals surface area contributed by atoms with Crippen molar-refractivity contribution in [3.8, 4) is 0 Å². The molecule has 1 fully saturated rings. The van der Waals surface area contributed by atoms with Crippen LogP contribution in [0.5, 0.6) is 0 Å². The first kappa shape index (κ1) is 21.8. The number of pyridine rings is 1. The molecule has 1 aromatic carbocycles. The second-order valence-corrected chi connectivity index (χ2v) is 8.83. The predicted molar refractivity (Wildman–Crippen MR) is 121 cm³/mol. The van der Waals surface area contributed by atoms with E-state index >= 15 is 0 Å². The Bertz CT molecular complexity index is 952. The fourth-order valence-electron chi connectivity index (χ4n) is 4.96. The van der Waals surface area contributed by atoms with Gasteiger partial charge in [0.2, 0.25) is 0 Å². The number of amides is 1. The maximum Gasteiger partial charge on any atom is 0.339 e. The van der Waals surface area contributed by atoms with Gasteiger partial charge >= 0.3 is 5.97 Å². The molecule has 6 nitrogen and oxygen atoms in total. The predicted octanol–water partition coefficient (Wildman–Crippen LogP) is 3.95. The third-order valence-electron chi connectivity index (χ3n) is 6.71. The number of rotatable bonds is 6. The normalized spacial score (nSPS) is 17.4. The van der Waals surface area contributed by atoms with Crippen LogP contribution in [0.3, 0.4) is 0 Å². The van der Waals surface area contributed by atoms with Gasteiger partial charge in [-0.15, -0.1) is 0 Å². The second kappa shape index (κ2) is 9.77. The van der Waals surface area contributed by atoms with Gasteiger partial charge in [0.15, 0.2) is 6.61 Å². The van der Waals surface area contributed by atoms with Crippen molar-refractivity contribution < 1.29 is 14.3 Å². The van der Waals surface area contributed by atoms with Crippen molar-refractivity contribution >= 4 is 22.8 Å². The Morgan fingerprint density at radius 2 is 1.97 bits per heavy atom. The average molecular weight is 424 g/mol. The topological polar surface area (TPSA) is 62.7 Å². The summed E-state index contributed by atoms with van der Waals surface area (Å²) in [4.78, 5) is 34.9. The molecule has 0 atom stereocenters. The van der Waals surface area contributed by atoms with Crippen LogP contribution in [0.25, 0.3) is 10.9 Å². The Hall–Kier alpha value is -2.47. The van der Waals surface area contributed by atoms with Gasteiger partial charge < -0.3 is 9.64 Å². The zero-order chi connectivity index (χ0) is 21.8. The Balaban J connectivity index is 1.55. The molecule has 1 saturated carbocycles. The minimum absolute atomic E-state index is 0.125. The SMILES string of the molecule is CCCN1CCc2nc3ccccc3c(C(=O)OCC(=O)N(C)C3CCCCC3)c2C1. The number of para-hydroxylation sites is 1. The van der Waals surface area contributed by atoms with Crippen LogP contribution >= 0.6 is 0 Å². The van der Waals surface area contributed by atoms with Gasteiger partial charge in [-0.2, -0.15) is 0 Å². The number of carbonyl (C=O) groups is 2. The van der Waals surface area contributed by atoms with Crippen LogP contribution in [0.4, 0.5) is 0 Å². The first-order valence-corrected chi connectivity index (χ1v) is 11.6. The summed E-state index contributed by atoms with van der Waals surface area (Å²) in [5, 5.41) is 0.803. The van der Waals surface area contributed by atoms with Crippen LogP contribution < -0.4 is 0 Å². The number of esters is 1. The van der Waals surface area contributed by atoms with Gasteiger partial charge in [-0.1, -0.05) is 44.4 Å². The maximum atomic E-state index is 13.3. The van der Waals surface area contributed by atoms with E-state index in [-0.39, 0.29) is 18.6 Å². The Morgan fingerprint density at radius 3 is 2.74 bits per heavy atom. The fraction of sp³-hybridized carbons (Fsp3) is 0.560. The lowest BCUT2D eigenvalue weighted by Gasteiger charge is -2.31. The van der Waals surface area contributed by atoms with Crippen LogP contribution in [0.1, 0.15) is 67.1 Å². The third-order valence-corrected chi connectivity index (χ3v) is 6.71. The molecular formula is C25H33N3O3. The first-order chi connectivity index (χ1) is 15.1. The Kier molecular flexibility index (Phi) is 6.86. The van der Waals surface area contributed by atoms with E-state index in [1.54, 1.807) is 4.90 Å². The van der Waals surface area contributed by atoms with E-state index in [2.05, 4.69) is 11.8 Å². The lowest BCUT2D eigenvalue weighted by atomic mass is 9.94. The maximum absolute atomic E-state index is 13.3. The molecule has 0 bridgehead atoms. The number of ether oxygens (including phenoxy) is 1. The number of carbonyl (C=O) groups excluding carboxylic acids is 2. The molecule has 166 valence electrons. The van der Waals surface area contributed by atoms with Gasteiger partial charge in [0.1, 0.15) is 0 Å². The molecule has 0 N–H and O–H groups in total. The smallest absolute Gasteiger partial charge is 0.339 e. The molecule has 0 unspecified atom stereocenters. The molecule has 2 aliphatic rings. The molecular weight excluding hydrogens is 390 g/mol. The van der Waals surface area contributed by atoms with Gasteiger partial charge in [-0.05, 0) is 31.9 Å². The van der Waals surface area contributed by atoms with E-state index in [1.807, 2.05) is 31.3 Å². The fourth-order valence-corrected chi connectivity index (χ4v) is 4.96. The number of benzene rings is 1. The zero-order valence-electron chi connectivity index (χ0n) is 18.7. The van der Waals surface area contributed by atoms with Crippen molar-refractivity contribution in [1.82, 2.24) is 14.8 Å². The number of likely N-dealkylation sites (N-methyl/N-ethyl adjacent to an activating group) is 1. The average Bonchev–Trinajstić information content (AvgIpc) is 2.81. The molecule has 4 rings (SSSR count). The summed E-state index contributed by atoms with van der Waals surface area (Å²) in [6.07, 6.45) is 7.51. The Morgan fingerprint density at radius 1 is 1.19 bits per heavy atom. The molecule has 0 saturated heterocycles. The number of hydrogen-bond donors (Lipinski definition) is 0. The van der Waals surface area contributed by atoms with Crippen LogP contribution in [-0.2, 0) is 22.5 Å². The summed E-state index contributed by atoms with van der Waals surface area (Å²) in [6.45, 7) is 4.59. The first-order valence-electron chi connectivity index (χ1n) is 11.6. The summed E-state index contributed by atoms with van der Waals surface area (Å²) in [5.74, 6) is -0.543. The molecule has 6 heteroatoms. The van der Waals surface area contributed by atoms with Gasteiger partial charge in [-0.3, -0.25) is 14.7 Å². The highest BCUT2D eigenvalue weighted by atomic mass is 16.5. The largest absolute Gasteiger partial charge is 0.452 e.